The van der Waals surface area contributed by atoms with Gasteiger partial charge in [-0.15, -0.1) is 0 Å². The van der Waals surface area contributed by atoms with E-state index in [1.54, 1.807) is 6.26 Å². The summed E-state index contributed by atoms with van der Waals surface area (Å²) in [7, 11) is 0. The van der Waals surface area contributed by atoms with E-state index in [0.717, 1.165) is 42.7 Å². The number of fused-ring (bicyclic) bond motifs is 1. The fraction of sp³-hybridized carbons (Fsp3) is 0.391. The van der Waals surface area contributed by atoms with Crippen molar-refractivity contribution in [2.45, 2.75) is 33.1 Å². The van der Waals surface area contributed by atoms with Crippen molar-refractivity contribution in [3.63, 3.8) is 0 Å². The van der Waals surface area contributed by atoms with Crippen LogP contribution in [0, 0.1) is 6.92 Å². The van der Waals surface area contributed by atoms with Gasteiger partial charge in [0.05, 0.1) is 12.7 Å². The molecule has 0 aliphatic carbocycles. The van der Waals surface area contributed by atoms with Crippen LogP contribution >= 0.6 is 0 Å². The van der Waals surface area contributed by atoms with Crippen molar-refractivity contribution in [2.24, 2.45) is 0 Å². The standard InChI is InChI=1S/C23H27N3O2/c1-16(2)20-14-21-18(15-28-22(21)12-17(20)3)13-23(27)26-10-8-25(9-11-26)19-4-6-24-7-5-19/h4-7,12,14-16H,8-11,13H2,1-3H3. The summed E-state index contributed by atoms with van der Waals surface area (Å²) in [5.74, 6) is 0.618. The minimum Gasteiger partial charge on any atom is -0.464 e. The largest absolute Gasteiger partial charge is 0.464 e. The van der Waals surface area contributed by atoms with E-state index in [1.165, 1.54) is 16.8 Å². The lowest BCUT2D eigenvalue weighted by molar-refractivity contribution is -0.130. The smallest absolute Gasteiger partial charge is 0.227 e. The summed E-state index contributed by atoms with van der Waals surface area (Å²) < 4.78 is 5.74. The molecular weight excluding hydrogens is 350 g/mol. The van der Waals surface area contributed by atoms with Gasteiger partial charge in [-0.05, 0) is 48.2 Å². The molecule has 0 spiro atoms. The normalized spacial score (nSPS) is 14.9. The molecule has 3 heterocycles. The first-order chi connectivity index (χ1) is 13.5. The van der Waals surface area contributed by atoms with Gasteiger partial charge in [-0.3, -0.25) is 9.78 Å². The number of piperazine rings is 1. The van der Waals surface area contributed by atoms with E-state index < -0.39 is 0 Å². The summed E-state index contributed by atoms with van der Waals surface area (Å²) >= 11 is 0. The third-order valence-corrected chi connectivity index (χ3v) is 5.67. The Kier molecular flexibility index (Phi) is 5.07. The number of benzene rings is 1. The minimum atomic E-state index is 0.170. The number of nitrogens with zero attached hydrogens (tertiary/aromatic N) is 3. The van der Waals surface area contributed by atoms with E-state index in [1.807, 2.05) is 29.4 Å². The van der Waals surface area contributed by atoms with E-state index >= 15 is 0 Å². The van der Waals surface area contributed by atoms with Crippen LogP contribution in [-0.2, 0) is 11.2 Å². The minimum absolute atomic E-state index is 0.170. The highest BCUT2D eigenvalue weighted by Gasteiger charge is 2.23. The van der Waals surface area contributed by atoms with Gasteiger partial charge in [-0.1, -0.05) is 13.8 Å². The fourth-order valence-corrected chi connectivity index (χ4v) is 4.05. The van der Waals surface area contributed by atoms with Crippen molar-refractivity contribution < 1.29 is 9.21 Å². The number of anilines is 1. The van der Waals surface area contributed by atoms with Gasteiger partial charge in [0.1, 0.15) is 5.58 Å². The number of amides is 1. The van der Waals surface area contributed by atoms with E-state index in [-0.39, 0.29) is 5.91 Å². The summed E-state index contributed by atoms with van der Waals surface area (Å²) in [5, 5.41) is 1.07. The first kappa shape index (κ1) is 18.5. The SMILES string of the molecule is Cc1cc2occ(CC(=O)N3CCN(c4ccncc4)CC3)c2cc1C(C)C. The number of pyridine rings is 1. The molecular formula is C23H27N3O2. The Hall–Kier alpha value is -2.82. The molecule has 0 bridgehead atoms. The van der Waals surface area contributed by atoms with Crippen molar-refractivity contribution in [1.29, 1.82) is 0 Å². The first-order valence-corrected chi connectivity index (χ1v) is 9.96. The molecule has 28 heavy (non-hydrogen) atoms. The Morgan fingerprint density at radius 2 is 1.86 bits per heavy atom. The van der Waals surface area contributed by atoms with Gasteiger partial charge >= 0.3 is 0 Å². The molecule has 0 saturated carbocycles. The number of aryl methyl sites for hydroxylation is 1. The number of hydrogen-bond donors (Lipinski definition) is 0. The number of aromatic nitrogens is 1. The van der Waals surface area contributed by atoms with Gasteiger partial charge < -0.3 is 14.2 Å². The van der Waals surface area contributed by atoms with Crippen LogP contribution in [-0.4, -0.2) is 42.0 Å². The average molecular weight is 377 g/mol. The number of carbonyl (C=O) groups is 1. The molecule has 1 amide bonds. The molecule has 1 fully saturated rings. The van der Waals surface area contributed by atoms with Gasteiger partial charge in [0.2, 0.25) is 5.91 Å². The van der Waals surface area contributed by atoms with E-state index in [4.69, 9.17) is 4.42 Å². The highest BCUT2D eigenvalue weighted by atomic mass is 16.3. The van der Waals surface area contributed by atoms with Gasteiger partial charge in [0.15, 0.2) is 0 Å². The molecule has 5 heteroatoms. The Morgan fingerprint density at radius 1 is 1.14 bits per heavy atom. The topological polar surface area (TPSA) is 49.6 Å². The van der Waals surface area contributed by atoms with Crippen LogP contribution in [0.5, 0.6) is 0 Å². The zero-order chi connectivity index (χ0) is 19.7. The molecule has 1 aromatic carbocycles. The third kappa shape index (κ3) is 3.61. The Morgan fingerprint density at radius 3 is 2.54 bits per heavy atom. The van der Waals surface area contributed by atoms with Crippen molar-refractivity contribution in [3.05, 3.63) is 59.6 Å². The molecule has 0 radical (unpaired) electrons. The summed E-state index contributed by atoms with van der Waals surface area (Å²) in [6.45, 7) is 9.69. The molecule has 0 atom stereocenters. The van der Waals surface area contributed by atoms with Crippen LogP contribution in [0.2, 0.25) is 0 Å². The van der Waals surface area contributed by atoms with Crippen LogP contribution in [0.15, 0.2) is 47.3 Å². The lowest BCUT2D eigenvalue weighted by atomic mass is 9.95. The van der Waals surface area contributed by atoms with Crippen molar-refractivity contribution in [1.82, 2.24) is 9.88 Å². The lowest BCUT2D eigenvalue weighted by Crippen LogP contribution is -2.49. The van der Waals surface area contributed by atoms with Crippen molar-refractivity contribution >= 4 is 22.6 Å². The molecule has 1 aliphatic rings. The lowest BCUT2D eigenvalue weighted by Gasteiger charge is -2.36. The van der Waals surface area contributed by atoms with Crippen molar-refractivity contribution in [2.75, 3.05) is 31.1 Å². The quantitative estimate of drug-likeness (QED) is 0.685. The second-order valence-corrected chi connectivity index (χ2v) is 7.87. The van der Waals surface area contributed by atoms with Crippen LogP contribution in [0.3, 0.4) is 0 Å². The maximum absolute atomic E-state index is 12.9. The Balaban J connectivity index is 1.45. The monoisotopic (exact) mass is 377 g/mol. The fourth-order valence-electron chi connectivity index (χ4n) is 4.05. The predicted octanol–water partition coefficient (Wildman–Crippen LogP) is 4.15. The van der Waals surface area contributed by atoms with Crippen LogP contribution in [0.25, 0.3) is 11.0 Å². The Labute approximate surface area is 166 Å². The first-order valence-electron chi connectivity index (χ1n) is 9.96. The second-order valence-electron chi connectivity index (χ2n) is 7.87. The highest BCUT2D eigenvalue weighted by Crippen LogP contribution is 2.29. The molecule has 5 nitrogen and oxygen atoms in total. The average Bonchev–Trinajstić information content (AvgIpc) is 3.09. The summed E-state index contributed by atoms with van der Waals surface area (Å²) in [6.07, 6.45) is 5.76. The summed E-state index contributed by atoms with van der Waals surface area (Å²) in [5.41, 5.74) is 5.57. The molecule has 1 aliphatic heterocycles. The molecule has 0 unspecified atom stereocenters. The van der Waals surface area contributed by atoms with Gasteiger partial charge in [-0.2, -0.15) is 0 Å². The number of carbonyl (C=O) groups excluding carboxylic acids is 1. The predicted molar refractivity (Wildman–Crippen MR) is 112 cm³/mol. The maximum Gasteiger partial charge on any atom is 0.227 e. The number of rotatable bonds is 4. The van der Waals surface area contributed by atoms with E-state index in [2.05, 4.69) is 42.8 Å². The van der Waals surface area contributed by atoms with E-state index in [9.17, 15) is 4.79 Å². The van der Waals surface area contributed by atoms with Crippen molar-refractivity contribution in [3.8, 4) is 0 Å². The summed E-state index contributed by atoms with van der Waals surface area (Å²) in [6, 6.07) is 8.32. The molecule has 3 aromatic rings. The van der Waals surface area contributed by atoms with Crippen LogP contribution in [0.4, 0.5) is 5.69 Å². The molecule has 4 rings (SSSR count). The Bertz CT molecular complexity index is 970. The molecule has 146 valence electrons. The number of furan rings is 1. The zero-order valence-electron chi connectivity index (χ0n) is 16.8. The highest BCUT2D eigenvalue weighted by molar-refractivity contribution is 5.88. The maximum atomic E-state index is 12.9. The molecule has 2 aromatic heterocycles. The summed E-state index contributed by atoms with van der Waals surface area (Å²) in [4.78, 5) is 21.2. The third-order valence-electron chi connectivity index (χ3n) is 5.67. The van der Waals surface area contributed by atoms with Gasteiger partial charge in [0, 0.05) is 55.2 Å². The second kappa shape index (κ2) is 7.66. The van der Waals surface area contributed by atoms with Gasteiger partial charge in [-0.25, -0.2) is 0 Å². The molecule has 0 N–H and O–H groups in total. The van der Waals surface area contributed by atoms with Crippen LogP contribution in [0.1, 0.15) is 36.5 Å². The zero-order valence-corrected chi connectivity index (χ0v) is 16.8. The van der Waals surface area contributed by atoms with E-state index in [0.29, 0.717) is 12.3 Å². The van der Waals surface area contributed by atoms with Crippen LogP contribution < -0.4 is 4.90 Å². The van der Waals surface area contributed by atoms with Gasteiger partial charge in [0.25, 0.3) is 0 Å². The number of hydrogen-bond acceptors (Lipinski definition) is 4. The molecule has 1 saturated heterocycles.